The van der Waals surface area contributed by atoms with Crippen molar-refractivity contribution in [2.24, 2.45) is 5.14 Å². The molecule has 10 heteroatoms. The molecule has 0 radical (unpaired) electrons. The smallest absolute Gasteiger partial charge is 0.253 e. The van der Waals surface area contributed by atoms with Gasteiger partial charge in [0, 0.05) is 43.4 Å². The number of sulfonamides is 1. The number of halogens is 1. The fourth-order valence-corrected chi connectivity index (χ4v) is 3.92. The highest BCUT2D eigenvalue weighted by molar-refractivity contribution is 7.89. The molecule has 1 aromatic heterocycles. The molecule has 4 rings (SSSR count). The first-order valence-corrected chi connectivity index (χ1v) is 11.1. The van der Waals surface area contributed by atoms with E-state index in [0.717, 1.165) is 11.4 Å². The van der Waals surface area contributed by atoms with Gasteiger partial charge in [0.25, 0.3) is 5.91 Å². The third-order valence-electron chi connectivity index (χ3n) is 5.11. The Morgan fingerprint density at radius 2 is 1.58 bits per heavy atom. The lowest BCUT2D eigenvalue weighted by atomic mass is 10.1. The zero-order valence-corrected chi connectivity index (χ0v) is 17.3. The Labute approximate surface area is 179 Å². The summed E-state index contributed by atoms with van der Waals surface area (Å²) in [4.78, 5) is 25.1. The van der Waals surface area contributed by atoms with E-state index < -0.39 is 10.0 Å². The second-order valence-electron chi connectivity index (χ2n) is 7.12. The van der Waals surface area contributed by atoms with Crippen molar-refractivity contribution < 1.29 is 17.6 Å². The van der Waals surface area contributed by atoms with E-state index in [4.69, 9.17) is 5.14 Å². The number of carbonyl (C=O) groups is 1. The molecule has 0 bridgehead atoms. The third-order valence-corrected chi connectivity index (χ3v) is 6.04. The molecule has 1 aliphatic heterocycles. The molecule has 31 heavy (non-hydrogen) atoms. The number of rotatable bonds is 4. The van der Waals surface area contributed by atoms with Gasteiger partial charge in [-0.15, -0.1) is 0 Å². The van der Waals surface area contributed by atoms with E-state index in [2.05, 4.69) is 14.9 Å². The number of nitrogens with two attached hydrogens (primary N) is 1. The molecule has 160 valence electrons. The Balaban J connectivity index is 1.42. The van der Waals surface area contributed by atoms with Gasteiger partial charge in [0.1, 0.15) is 18.0 Å². The third kappa shape index (κ3) is 4.70. The fourth-order valence-electron chi connectivity index (χ4n) is 3.41. The molecule has 0 saturated carbocycles. The van der Waals surface area contributed by atoms with Crippen LogP contribution in [0.3, 0.4) is 0 Å². The Kier molecular flexibility index (Phi) is 5.66. The minimum Gasteiger partial charge on any atom is -0.353 e. The Hall–Kier alpha value is -3.37. The maximum atomic E-state index is 13.2. The molecule has 3 aromatic rings. The number of carbonyl (C=O) groups excluding carboxylic acids is 1. The van der Waals surface area contributed by atoms with E-state index in [-0.39, 0.29) is 16.6 Å². The average Bonchev–Trinajstić information content (AvgIpc) is 2.79. The number of aromatic nitrogens is 2. The number of nitrogens with zero attached hydrogens (tertiary/aromatic N) is 4. The average molecular weight is 441 g/mol. The van der Waals surface area contributed by atoms with E-state index in [1.807, 2.05) is 6.07 Å². The van der Waals surface area contributed by atoms with E-state index >= 15 is 0 Å². The molecule has 0 atom stereocenters. The van der Waals surface area contributed by atoms with Gasteiger partial charge in [-0.25, -0.2) is 27.9 Å². The summed E-state index contributed by atoms with van der Waals surface area (Å²) in [7, 11) is -3.80. The standard InChI is InChI=1S/C21H20FN5O3S/c22-17-5-1-15(2-6-17)19-13-20(25-14-24-19)26-9-11-27(12-10-26)21(28)16-3-7-18(8-4-16)31(23,29)30/h1-8,13-14H,9-12H2,(H2,23,29,30). The molecule has 1 amide bonds. The van der Waals surface area contributed by atoms with Crippen LogP contribution in [0.2, 0.25) is 0 Å². The minimum atomic E-state index is -3.80. The lowest BCUT2D eigenvalue weighted by Gasteiger charge is -2.35. The van der Waals surface area contributed by atoms with Crippen molar-refractivity contribution in [1.82, 2.24) is 14.9 Å². The zero-order chi connectivity index (χ0) is 22.0. The van der Waals surface area contributed by atoms with Crippen LogP contribution in [0.4, 0.5) is 10.2 Å². The minimum absolute atomic E-state index is 0.0328. The first-order chi connectivity index (χ1) is 14.8. The van der Waals surface area contributed by atoms with Crippen LogP contribution in [0.15, 0.2) is 65.8 Å². The number of primary sulfonamides is 1. The number of amides is 1. The van der Waals surface area contributed by atoms with Crippen molar-refractivity contribution in [2.45, 2.75) is 4.90 Å². The maximum Gasteiger partial charge on any atom is 0.253 e. The number of hydrogen-bond donors (Lipinski definition) is 1. The second kappa shape index (κ2) is 8.40. The molecule has 1 fully saturated rings. The van der Waals surface area contributed by atoms with Gasteiger partial charge in [0.05, 0.1) is 10.6 Å². The molecule has 1 aliphatic rings. The second-order valence-corrected chi connectivity index (χ2v) is 8.68. The lowest BCUT2D eigenvalue weighted by Crippen LogP contribution is -2.49. The molecule has 1 saturated heterocycles. The van der Waals surface area contributed by atoms with Gasteiger partial charge in [-0.2, -0.15) is 0 Å². The summed E-state index contributed by atoms with van der Waals surface area (Å²) in [5, 5.41) is 5.09. The van der Waals surface area contributed by atoms with Gasteiger partial charge >= 0.3 is 0 Å². The molecule has 2 N–H and O–H groups in total. The topological polar surface area (TPSA) is 109 Å². The Morgan fingerprint density at radius 1 is 0.935 bits per heavy atom. The first-order valence-electron chi connectivity index (χ1n) is 9.56. The van der Waals surface area contributed by atoms with E-state index in [1.165, 1.54) is 42.7 Å². The molecule has 2 aromatic carbocycles. The van der Waals surface area contributed by atoms with Crippen LogP contribution in [-0.2, 0) is 10.0 Å². The van der Waals surface area contributed by atoms with Crippen molar-refractivity contribution in [2.75, 3.05) is 31.1 Å². The summed E-state index contributed by atoms with van der Waals surface area (Å²) >= 11 is 0. The highest BCUT2D eigenvalue weighted by Crippen LogP contribution is 2.22. The van der Waals surface area contributed by atoms with Gasteiger partial charge in [-0.1, -0.05) is 0 Å². The van der Waals surface area contributed by atoms with Gasteiger partial charge in [-0.05, 0) is 48.5 Å². The molecule has 0 unspecified atom stereocenters. The summed E-state index contributed by atoms with van der Waals surface area (Å²) in [6, 6.07) is 13.5. The van der Waals surface area contributed by atoms with Crippen molar-refractivity contribution >= 4 is 21.7 Å². The van der Waals surface area contributed by atoms with Crippen molar-refractivity contribution in [3.63, 3.8) is 0 Å². The number of hydrogen-bond acceptors (Lipinski definition) is 6. The molecule has 0 aliphatic carbocycles. The van der Waals surface area contributed by atoms with Crippen LogP contribution in [-0.4, -0.2) is 55.4 Å². The summed E-state index contributed by atoms with van der Waals surface area (Å²) in [6.07, 6.45) is 1.47. The maximum absolute atomic E-state index is 13.2. The van der Waals surface area contributed by atoms with Crippen LogP contribution >= 0.6 is 0 Å². The van der Waals surface area contributed by atoms with Crippen LogP contribution in [0.25, 0.3) is 11.3 Å². The van der Waals surface area contributed by atoms with E-state index in [9.17, 15) is 17.6 Å². The van der Waals surface area contributed by atoms with Crippen molar-refractivity contribution in [1.29, 1.82) is 0 Å². The Morgan fingerprint density at radius 3 is 2.19 bits per heavy atom. The highest BCUT2D eigenvalue weighted by atomic mass is 32.2. The normalized spacial score (nSPS) is 14.5. The molecular weight excluding hydrogens is 421 g/mol. The molecular formula is C21H20FN5O3S. The predicted molar refractivity (Wildman–Crippen MR) is 113 cm³/mol. The van der Waals surface area contributed by atoms with Crippen LogP contribution < -0.4 is 10.0 Å². The lowest BCUT2D eigenvalue weighted by molar-refractivity contribution is 0.0746. The highest BCUT2D eigenvalue weighted by Gasteiger charge is 2.23. The monoisotopic (exact) mass is 441 g/mol. The van der Waals surface area contributed by atoms with Gasteiger partial charge in [0.2, 0.25) is 10.0 Å². The van der Waals surface area contributed by atoms with Gasteiger partial charge < -0.3 is 9.80 Å². The number of anilines is 1. The van der Waals surface area contributed by atoms with E-state index in [0.29, 0.717) is 37.4 Å². The van der Waals surface area contributed by atoms with Crippen LogP contribution in [0.1, 0.15) is 10.4 Å². The summed E-state index contributed by atoms with van der Waals surface area (Å²) in [5.74, 6) is 0.257. The van der Waals surface area contributed by atoms with E-state index in [1.54, 1.807) is 17.0 Å². The summed E-state index contributed by atoms with van der Waals surface area (Å²) in [6.45, 7) is 2.15. The molecule has 2 heterocycles. The first kappa shape index (κ1) is 20.9. The van der Waals surface area contributed by atoms with Crippen LogP contribution in [0.5, 0.6) is 0 Å². The molecule has 8 nitrogen and oxygen atoms in total. The number of benzene rings is 2. The van der Waals surface area contributed by atoms with Crippen molar-refractivity contribution in [3.8, 4) is 11.3 Å². The predicted octanol–water partition coefficient (Wildman–Crippen LogP) is 1.89. The molecule has 0 spiro atoms. The quantitative estimate of drug-likeness (QED) is 0.662. The van der Waals surface area contributed by atoms with Crippen molar-refractivity contribution in [3.05, 3.63) is 72.3 Å². The fraction of sp³-hybridized carbons (Fsp3) is 0.190. The van der Waals surface area contributed by atoms with Crippen LogP contribution in [0, 0.1) is 5.82 Å². The summed E-state index contributed by atoms with van der Waals surface area (Å²) < 4.78 is 35.9. The Bertz CT molecular complexity index is 1190. The number of piperazine rings is 1. The summed E-state index contributed by atoms with van der Waals surface area (Å²) in [5.41, 5.74) is 1.89. The SMILES string of the molecule is NS(=O)(=O)c1ccc(C(=O)N2CCN(c3cc(-c4ccc(F)cc4)ncn3)CC2)cc1. The van der Waals surface area contributed by atoms with Gasteiger partial charge in [-0.3, -0.25) is 4.79 Å². The van der Waals surface area contributed by atoms with Gasteiger partial charge in [0.15, 0.2) is 0 Å². The zero-order valence-electron chi connectivity index (χ0n) is 16.5. The largest absolute Gasteiger partial charge is 0.353 e.